The number of carbonyl (C=O) groups is 1. The number of aryl methyl sites for hydroxylation is 1. The molecule has 3 aromatic rings. The molecular formula is C22H26N4O. The van der Waals surface area contributed by atoms with Crippen LogP contribution in [-0.2, 0) is 24.4 Å². The first-order valence-electron chi connectivity index (χ1n) is 9.64. The molecule has 1 amide bonds. The predicted octanol–water partition coefficient (Wildman–Crippen LogP) is 3.26. The highest BCUT2D eigenvalue weighted by molar-refractivity contribution is 5.86. The minimum absolute atomic E-state index is 0.192. The number of benzene rings is 2. The topological polar surface area (TPSA) is 50.2 Å². The first kappa shape index (κ1) is 17.7. The summed E-state index contributed by atoms with van der Waals surface area (Å²) in [6.45, 7) is 7.25. The van der Waals surface area contributed by atoms with Crippen molar-refractivity contribution in [2.45, 2.75) is 45.9 Å². The van der Waals surface area contributed by atoms with E-state index in [-0.39, 0.29) is 11.9 Å². The molecular weight excluding hydrogens is 336 g/mol. The summed E-state index contributed by atoms with van der Waals surface area (Å²) in [7, 11) is 0. The summed E-state index contributed by atoms with van der Waals surface area (Å²) in [5.41, 5.74) is 3.61. The van der Waals surface area contributed by atoms with Gasteiger partial charge >= 0.3 is 0 Å². The van der Waals surface area contributed by atoms with Crippen LogP contribution in [0.3, 0.4) is 0 Å². The molecule has 0 aliphatic carbocycles. The number of nitrogens with one attached hydrogen (secondary N) is 1. The maximum Gasteiger partial charge on any atom is 0.224 e. The van der Waals surface area contributed by atoms with Gasteiger partial charge in [0.2, 0.25) is 5.91 Å². The fourth-order valence-corrected chi connectivity index (χ4v) is 3.93. The molecule has 0 radical (unpaired) electrons. The monoisotopic (exact) mass is 362 g/mol. The minimum Gasteiger partial charge on any atom is -0.337 e. The highest BCUT2D eigenvalue weighted by Gasteiger charge is 2.29. The van der Waals surface area contributed by atoms with E-state index in [0.717, 1.165) is 19.6 Å². The molecule has 1 fully saturated rings. The van der Waals surface area contributed by atoms with Crippen molar-refractivity contribution in [2.24, 2.45) is 0 Å². The highest BCUT2D eigenvalue weighted by Crippen LogP contribution is 2.22. The van der Waals surface area contributed by atoms with E-state index in [1.54, 1.807) is 0 Å². The maximum atomic E-state index is 12.5. The zero-order valence-electron chi connectivity index (χ0n) is 16.0. The van der Waals surface area contributed by atoms with Crippen LogP contribution in [0.2, 0.25) is 0 Å². The lowest BCUT2D eigenvalue weighted by Crippen LogP contribution is -2.32. The van der Waals surface area contributed by atoms with Crippen LogP contribution < -0.4 is 5.32 Å². The largest absolute Gasteiger partial charge is 0.337 e. The van der Waals surface area contributed by atoms with E-state index in [2.05, 4.69) is 66.7 Å². The quantitative estimate of drug-likeness (QED) is 0.732. The summed E-state index contributed by atoms with van der Waals surface area (Å²) in [6, 6.07) is 14.9. The average Bonchev–Trinajstić information content (AvgIpc) is 3.22. The van der Waals surface area contributed by atoms with E-state index in [9.17, 15) is 4.79 Å². The second-order valence-electron chi connectivity index (χ2n) is 7.27. The molecule has 1 aliphatic heterocycles. The van der Waals surface area contributed by atoms with Crippen LogP contribution in [0.15, 0.2) is 48.7 Å². The Bertz CT molecular complexity index is 957. The standard InChI is InChI=1S/C22H26N4O/c1-3-26-16(2)19(13-24-26)12-23-20-11-22(27)25(15-20)14-18-9-6-8-17-7-4-5-10-21(17)18/h4-10,13,20,23H,3,11-12,14-15H2,1-2H3/t20-/m0/s1. The van der Waals surface area contributed by atoms with Crippen molar-refractivity contribution in [3.63, 3.8) is 0 Å². The van der Waals surface area contributed by atoms with Crippen LogP contribution in [0.25, 0.3) is 10.8 Å². The first-order chi connectivity index (χ1) is 13.2. The third-order valence-electron chi connectivity index (χ3n) is 5.54. The highest BCUT2D eigenvalue weighted by atomic mass is 16.2. The van der Waals surface area contributed by atoms with Crippen LogP contribution in [0.1, 0.15) is 30.2 Å². The molecule has 5 heteroatoms. The van der Waals surface area contributed by atoms with Crippen LogP contribution in [-0.4, -0.2) is 33.2 Å². The molecule has 1 aromatic heterocycles. The molecule has 5 nitrogen and oxygen atoms in total. The molecule has 2 heterocycles. The van der Waals surface area contributed by atoms with Crippen molar-refractivity contribution in [3.05, 3.63) is 65.5 Å². The molecule has 4 rings (SSSR count). The number of fused-ring (bicyclic) bond motifs is 1. The number of hydrogen-bond donors (Lipinski definition) is 1. The number of likely N-dealkylation sites (tertiary alicyclic amines) is 1. The van der Waals surface area contributed by atoms with Gasteiger partial charge in [0, 0.05) is 49.9 Å². The second kappa shape index (κ2) is 7.53. The van der Waals surface area contributed by atoms with Gasteiger partial charge in [-0.15, -0.1) is 0 Å². The number of carbonyl (C=O) groups excluding carboxylic acids is 1. The van der Waals surface area contributed by atoms with Crippen LogP contribution in [0, 0.1) is 6.92 Å². The van der Waals surface area contributed by atoms with Gasteiger partial charge in [0.15, 0.2) is 0 Å². The maximum absolute atomic E-state index is 12.5. The number of amides is 1. The predicted molar refractivity (Wildman–Crippen MR) is 107 cm³/mol. The van der Waals surface area contributed by atoms with Crippen molar-refractivity contribution in [1.29, 1.82) is 0 Å². The Morgan fingerprint density at radius 2 is 1.96 bits per heavy atom. The Morgan fingerprint density at radius 1 is 1.15 bits per heavy atom. The van der Waals surface area contributed by atoms with Crippen molar-refractivity contribution in [1.82, 2.24) is 20.0 Å². The summed E-state index contributed by atoms with van der Waals surface area (Å²) in [4.78, 5) is 14.5. The molecule has 0 bridgehead atoms. The van der Waals surface area contributed by atoms with E-state index in [1.165, 1.54) is 27.6 Å². The molecule has 0 spiro atoms. The average molecular weight is 362 g/mol. The Kier molecular flexibility index (Phi) is 4.94. The van der Waals surface area contributed by atoms with Gasteiger partial charge in [-0.3, -0.25) is 9.48 Å². The molecule has 27 heavy (non-hydrogen) atoms. The van der Waals surface area contributed by atoms with E-state index in [0.29, 0.717) is 13.0 Å². The molecule has 2 aromatic carbocycles. The Hall–Kier alpha value is -2.66. The van der Waals surface area contributed by atoms with Gasteiger partial charge in [-0.25, -0.2) is 0 Å². The minimum atomic E-state index is 0.192. The number of hydrogen-bond acceptors (Lipinski definition) is 3. The Morgan fingerprint density at radius 3 is 2.78 bits per heavy atom. The number of rotatable bonds is 6. The van der Waals surface area contributed by atoms with Gasteiger partial charge in [-0.1, -0.05) is 42.5 Å². The van der Waals surface area contributed by atoms with E-state index in [4.69, 9.17) is 0 Å². The normalized spacial score (nSPS) is 17.2. The van der Waals surface area contributed by atoms with Gasteiger partial charge < -0.3 is 10.2 Å². The molecule has 1 N–H and O–H groups in total. The Balaban J connectivity index is 1.41. The van der Waals surface area contributed by atoms with Gasteiger partial charge in [0.1, 0.15) is 0 Å². The number of nitrogens with zero attached hydrogens (tertiary/aromatic N) is 3. The van der Waals surface area contributed by atoms with Crippen molar-refractivity contribution < 1.29 is 4.79 Å². The van der Waals surface area contributed by atoms with Crippen LogP contribution >= 0.6 is 0 Å². The van der Waals surface area contributed by atoms with Crippen molar-refractivity contribution in [2.75, 3.05) is 6.54 Å². The Labute approximate surface area is 160 Å². The summed E-state index contributed by atoms with van der Waals surface area (Å²) in [5.74, 6) is 0.224. The SMILES string of the molecule is CCn1ncc(CN[C@H]2CC(=O)N(Cc3cccc4ccccc34)C2)c1C. The molecule has 0 unspecified atom stereocenters. The van der Waals surface area contributed by atoms with Gasteiger partial charge in [0.25, 0.3) is 0 Å². The molecule has 0 saturated carbocycles. The lowest BCUT2D eigenvalue weighted by molar-refractivity contribution is -0.128. The summed E-state index contributed by atoms with van der Waals surface area (Å²) in [5, 5.41) is 10.4. The number of aromatic nitrogens is 2. The summed E-state index contributed by atoms with van der Waals surface area (Å²) >= 11 is 0. The zero-order chi connectivity index (χ0) is 18.8. The smallest absolute Gasteiger partial charge is 0.224 e. The van der Waals surface area contributed by atoms with Gasteiger partial charge in [-0.05, 0) is 30.2 Å². The molecule has 1 aliphatic rings. The van der Waals surface area contributed by atoms with E-state index >= 15 is 0 Å². The van der Waals surface area contributed by atoms with Crippen molar-refractivity contribution in [3.8, 4) is 0 Å². The molecule has 1 atom stereocenters. The zero-order valence-corrected chi connectivity index (χ0v) is 16.0. The van der Waals surface area contributed by atoms with Crippen LogP contribution in [0.4, 0.5) is 0 Å². The first-order valence-corrected chi connectivity index (χ1v) is 9.64. The summed E-state index contributed by atoms with van der Waals surface area (Å²) < 4.78 is 2.00. The van der Waals surface area contributed by atoms with Crippen LogP contribution in [0.5, 0.6) is 0 Å². The van der Waals surface area contributed by atoms with E-state index in [1.807, 2.05) is 15.8 Å². The third kappa shape index (κ3) is 3.60. The van der Waals surface area contributed by atoms with Crippen molar-refractivity contribution >= 4 is 16.7 Å². The fourth-order valence-electron chi connectivity index (χ4n) is 3.93. The van der Waals surface area contributed by atoms with Gasteiger partial charge in [0.05, 0.1) is 6.20 Å². The lowest BCUT2D eigenvalue weighted by Gasteiger charge is -2.18. The lowest BCUT2D eigenvalue weighted by atomic mass is 10.0. The molecule has 1 saturated heterocycles. The van der Waals surface area contributed by atoms with E-state index < -0.39 is 0 Å². The van der Waals surface area contributed by atoms with Gasteiger partial charge in [-0.2, -0.15) is 5.10 Å². The summed E-state index contributed by atoms with van der Waals surface area (Å²) in [6.07, 6.45) is 2.49. The third-order valence-corrected chi connectivity index (χ3v) is 5.54. The second-order valence-corrected chi connectivity index (χ2v) is 7.27. The fraction of sp³-hybridized carbons (Fsp3) is 0.364. The molecule has 140 valence electrons.